The first-order chi connectivity index (χ1) is 16.9. The van der Waals surface area contributed by atoms with Gasteiger partial charge < -0.3 is 26.2 Å². The van der Waals surface area contributed by atoms with Crippen molar-refractivity contribution in [1.29, 1.82) is 0 Å². The summed E-state index contributed by atoms with van der Waals surface area (Å²) in [5, 5.41) is 11.1. The Morgan fingerprint density at radius 3 is 2.66 bits per heavy atom. The molecule has 2 amide bonds. The molecule has 4 aliphatic heterocycles. The van der Waals surface area contributed by atoms with Crippen LogP contribution in [0.5, 0.6) is 0 Å². The number of aryl methyl sites for hydroxylation is 1. The number of alkyl halides is 1. The number of carbonyl (C=O) groups is 2. The van der Waals surface area contributed by atoms with E-state index in [1.54, 1.807) is 17.4 Å². The number of aromatic nitrogens is 1. The van der Waals surface area contributed by atoms with Crippen LogP contribution in [0.2, 0.25) is 0 Å². The number of hydrogen-bond donors (Lipinski definition) is 5. The molecule has 0 saturated carbocycles. The summed E-state index contributed by atoms with van der Waals surface area (Å²) in [6, 6.07) is 0. The van der Waals surface area contributed by atoms with Gasteiger partial charge in [0.2, 0.25) is 11.8 Å². The smallest absolute Gasteiger partial charge is 0.233 e. The van der Waals surface area contributed by atoms with Crippen LogP contribution in [-0.4, -0.2) is 97.6 Å². The molecule has 5 heterocycles. The zero-order valence-electron chi connectivity index (χ0n) is 20.2. The van der Waals surface area contributed by atoms with E-state index in [1.165, 1.54) is 0 Å². The molecule has 4 saturated heterocycles. The van der Waals surface area contributed by atoms with Crippen molar-refractivity contribution in [3.8, 4) is 0 Å². The van der Waals surface area contributed by atoms with Crippen LogP contribution in [0.25, 0.3) is 0 Å². The number of hydrazine groups is 1. The fourth-order valence-corrected chi connectivity index (χ4v) is 5.76. The van der Waals surface area contributed by atoms with E-state index < -0.39 is 18.3 Å². The number of halogens is 1. The molecule has 0 bridgehead atoms. The lowest BCUT2D eigenvalue weighted by Gasteiger charge is -2.38. The highest BCUT2D eigenvalue weighted by Crippen LogP contribution is 2.34. The van der Waals surface area contributed by atoms with Gasteiger partial charge in [0.05, 0.1) is 35.8 Å². The fraction of sp³-hybridized carbons (Fsp3) is 0.696. The monoisotopic (exact) mass is 489 g/mol. The van der Waals surface area contributed by atoms with Crippen LogP contribution in [-0.2, 0) is 9.59 Å². The van der Waals surface area contributed by atoms with E-state index in [9.17, 15) is 14.0 Å². The minimum absolute atomic E-state index is 0.0368. The molecule has 1 aromatic heterocycles. The number of nitrogens with two attached hydrogens (primary N) is 1. The summed E-state index contributed by atoms with van der Waals surface area (Å²) in [4.78, 5) is 34.8. The topological polar surface area (TPSA) is 131 Å². The minimum Gasteiger partial charge on any atom is -0.370 e. The third-order valence-corrected chi connectivity index (χ3v) is 7.57. The molecule has 0 spiro atoms. The Hall–Kier alpha value is -2.38. The van der Waals surface area contributed by atoms with Crippen molar-refractivity contribution in [3.63, 3.8) is 0 Å². The average Bonchev–Trinajstić information content (AvgIpc) is 3.19. The van der Waals surface area contributed by atoms with Crippen LogP contribution in [0.3, 0.4) is 0 Å². The summed E-state index contributed by atoms with van der Waals surface area (Å²) in [5.41, 5.74) is 11.7. The second-order valence-corrected chi connectivity index (χ2v) is 9.96. The van der Waals surface area contributed by atoms with Crippen molar-refractivity contribution in [1.82, 2.24) is 31.0 Å². The molecule has 0 aromatic carbocycles. The number of fused-ring (bicyclic) bond motifs is 1. The number of nitrogens with zero attached hydrogens (tertiary/aromatic N) is 4. The minimum atomic E-state index is -1.01. The van der Waals surface area contributed by atoms with E-state index in [0.29, 0.717) is 5.69 Å². The van der Waals surface area contributed by atoms with Crippen LogP contribution in [0.1, 0.15) is 18.4 Å². The molecule has 6 N–H and O–H groups in total. The molecular weight excluding hydrogens is 453 g/mol. The Bertz CT molecular complexity index is 936. The molecule has 11 nitrogen and oxygen atoms in total. The molecule has 192 valence electrons. The zero-order chi connectivity index (χ0) is 24.5. The SMILES string of the molecule is Cc1cncc(NC(=O)C2C(N)NN3CC(F)CNC23)c1N1CCC(C(=O)N2CCNCC2)CC1. The maximum absolute atomic E-state index is 13.8. The Morgan fingerprint density at radius 1 is 1.17 bits per heavy atom. The van der Waals surface area contributed by atoms with Gasteiger partial charge in [-0.05, 0) is 25.3 Å². The molecule has 0 aliphatic carbocycles. The van der Waals surface area contributed by atoms with E-state index in [-0.39, 0.29) is 37.0 Å². The van der Waals surface area contributed by atoms with Crippen molar-refractivity contribution in [2.45, 2.75) is 38.3 Å². The van der Waals surface area contributed by atoms with E-state index in [0.717, 1.165) is 63.4 Å². The highest BCUT2D eigenvalue weighted by atomic mass is 19.1. The number of rotatable bonds is 4. The van der Waals surface area contributed by atoms with Crippen LogP contribution >= 0.6 is 0 Å². The number of carbonyl (C=O) groups excluding carboxylic acids is 2. The van der Waals surface area contributed by atoms with Gasteiger partial charge in [-0.3, -0.25) is 19.9 Å². The molecule has 0 radical (unpaired) electrons. The van der Waals surface area contributed by atoms with E-state index in [1.807, 2.05) is 11.8 Å². The fourth-order valence-electron chi connectivity index (χ4n) is 5.76. The quantitative estimate of drug-likeness (QED) is 0.360. The second-order valence-electron chi connectivity index (χ2n) is 9.96. The van der Waals surface area contributed by atoms with E-state index >= 15 is 0 Å². The molecule has 35 heavy (non-hydrogen) atoms. The van der Waals surface area contributed by atoms with Crippen LogP contribution in [0.4, 0.5) is 15.8 Å². The van der Waals surface area contributed by atoms with Gasteiger partial charge in [0.1, 0.15) is 6.17 Å². The van der Waals surface area contributed by atoms with E-state index in [4.69, 9.17) is 5.73 Å². The molecule has 5 rings (SSSR count). The van der Waals surface area contributed by atoms with Crippen molar-refractivity contribution < 1.29 is 14.0 Å². The number of anilines is 2. The Kier molecular flexibility index (Phi) is 7.17. The first kappa shape index (κ1) is 24.3. The number of hydrogen-bond acceptors (Lipinski definition) is 9. The van der Waals surface area contributed by atoms with Gasteiger partial charge in [-0.1, -0.05) is 0 Å². The molecule has 4 fully saturated rings. The summed E-state index contributed by atoms with van der Waals surface area (Å²) < 4.78 is 13.8. The predicted octanol–water partition coefficient (Wildman–Crippen LogP) is -1.03. The molecular formula is C23H36FN9O2. The summed E-state index contributed by atoms with van der Waals surface area (Å²) >= 11 is 0. The normalized spacial score (nSPS) is 30.3. The number of piperazine rings is 1. The van der Waals surface area contributed by atoms with Crippen molar-refractivity contribution >= 4 is 23.2 Å². The van der Waals surface area contributed by atoms with Crippen molar-refractivity contribution in [3.05, 3.63) is 18.0 Å². The van der Waals surface area contributed by atoms with Gasteiger partial charge in [-0.2, -0.15) is 0 Å². The number of nitrogens with one attached hydrogen (secondary N) is 4. The summed E-state index contributed by atoms with van der Waals surface area (Å²) in [5.74, 6) is -0.526. The van der Waals surface area contributed by atoms with Crippen molar-refractivity contribution in [2.24, 2.45) is 17.6 Å². The Morgan fingerprint density at radius 2 is 1.91 bits per heavy atom. The second kappa shape index (κ2) is 10.3. The van der Waals surface area contributed by atoms with Crippen molar-refractivity contribution in [2.75, 3.05) is 62.6 Å². The summed E-state index contributed by atoms with van der Waals surface area (Å²) in [7, 11) is 0. The standard InChI is InChI=1S/C23H36FN9O2/c1-14-10-27-12-17(29-22(34)18-20(25)30-33-13-16(24)11-28-21(18)33)19(14)31-6-2-15(3-7-31)23(35)32-8-4-26-5-9-32/h10,12,15-16,18,20-21,26,28,30H,2-9,11,13,25H2,1H3,(H,29,34). The third-order valence-electron chi connectivity index (χ3n) is 7.57. The molecule has 12 heteroatoms. The number of amides is 2. The molecule has 4 unspecified atom stereocenters. The van der Waals surface area contributed by atoms with Crippen LogP contribution in [0.15, 0.2) is 12.4 Å². The van der Waals surface area contributed by atoms with Gasteiger partial charge in [0.15, 0.2) is 0 Å². The molecule has 4 aliphatic rings. The molecule has 4 atom stereocenters. The first-order valence-electron chi connectivity index (χ1n) is 12.6. The molecule has 1 aromatic rings. The summed E-state index contributed by atoms with van der Waals surface area (Å²) in [6.45, 7) is 7.08. The summed E-state index contributed by atoms with van der Waals surface area (Å²) in [6.07, 6.45) is 3.01. The van der Waals surface area contributed by atoms with Gasteiger partial charge in [0.25, 0.3) is 0 Å². The lowest BCUT2D eigenvalue weighted by Crippen LogP contribution is -2.58. The van der Waals surface area contributed by atoms with Gasteiger partial charge >= 0.3 is 0 Å². The maximum Gasteiger partial charge on any atom is 0.233 e. The van der Waals surface area contributed by atoms with Gasteiger partial charge in [-0.25, -0.2) is 14.8 Å². The lowest BCUT2D eigenvalue weighted by atomic mass is 9.94. The lowest BCUT2D eigenvalue weighted by molar-refractivity contribution is -0.136. The number of piperidine rings is 1. The zero-order valence-corrected chi connectivity index (χ0v) is 20.2. The highest BCUT2D eigenvalue weighted by molar-refractivity contribution is 5.97. The van der Waals surface area contributed by atoms with Gasteiger partial charge in [-0.15, -0.1) is 0 Å². The maximum atomic E-state index is 13.8. The van der Waals surface area contributed by atoms with E-state index in [2.05, 4.69) is 31.3 Å². The average molecular weight is 490 g/mol. The largest absolute Gasteiger partial charge is 0.370 e. The van der Waals surface area contributed by atoms with Crippen LogP contribution in [0, 0.1) is 18.8 Å². The highest BCUT2D eigenvalue weighted by Gasteiger charge is 2.47. The third kappa shape index (κ3) is 4.98. The predicted molar refractivity (Wildman–Crippen MR) is 130 cm³/mol. The Balaban J connectivity index is 1.26. The van der Waals surface area contributed by atoms with Gasteiger partial charge in [0, 0.05) is 64.5 Å². The number of pyridine rings is 1. The Labute approximate surface area is 204 Å². The first-order valence-corrected chi connectivity index (χ1v) is 12.6. The van der Waals surface area contributed by atoms with Crippen LogP contribution < -0.4 is 32.0 Å².